The topological polar surface area (TPSA) is 57.0 Å². The van der Waals surface area contributed by atoms with Crippen molar-refractivity contribution in [3.8, 4) is 0 Å². The molecule has 0 radical (unpaired) electrons. The van der Waals surface area contributed by atoms with Crippen LogP contribution in [0.2, 0.25) is 0 Å². The van der Waals surface area contributed by atoms with Crippen molar-refractivity contribution < 1.29 is 9.53 Å². The number of aryl methyl sites for hydroxylation is 1. The molecule has 16 heavy (non-hydrogen) atoms. The molecule has 0 aliphatic rings. The second kappa shape index (κ2) is 5.63. The molecule has 1 heterocycles. The van der Waals surface area contributed by atoms with Gasteiger partial charge in [0.05, 0.1) is 6.61 Å². The quantitative estimate of drug-likeness (QED) is 0.713. The first-order valence-corrected chi connectivity index (χ1v) is 5.56. The molecule has 5 nitrogen and oxygen atoms in total. The Hall–Kier alpha value is -1.39. The van der Waals surface area contributed by atoms with E-state index in [-0.39, 0.29) is 11.9 Å². The van der Waals surface area contributed by atoms with Crippen molar-refractivity contribution in [1.29, 1.82) is 0 Å². The first-order chi connectivity index (χ1) is 7.56. The van der Waals surface area contributed by atoms with E-state index >= 15 is 0 Å². The molecule has 0 aliphatic carbocycles. The highest BCUT2D eigenvalue weighted by molar-refractivity contribution is 5.77. The minimum atomic E-state index is -0.313. The van der Waals surface area contributed by atoms with Gasteiger partial charge in [0, 0.05) is 7.05 Å². The van der Waals surface area contributed by atoms with Gasteiger partial charge >= 0.3 is 5.97 Å². The largest absolute Gasteiger partial charge is 0.465 e. The van der Waals surface area contributed by atoms with Crippen LogP contribution in [0.1, 0.15) is 38.9 Å². The molecule has 0 saturated heterocycles. The maximum Gasteiger partial charge on any atom is 0.316 e. The Morgan fingerprint density at radius 1 is 1.56 bits per heavy atom. The molecule has 0 amide bonds. The Morgan fingerprint density at radius 3 is 2.69 bits per heavy atom. The van der Waals surface area contributed by atoms with Crippen LogP contribution in [0.25, 0.3) is 0 Å². The van der Waals surface area contributed by atoms with Crippen molar-refractivity contribution in [3.05, 3.63) is 12.2 Å². The Labute approximate surface area is 95.8 Å². The van der Waals surface area contributed by atoms with E-state index < -0.39 is 0 Å². The SMILES string of the molecule is CCOC(=O)C(CC(C)C)c1nncn1C. The summed E-state index contributed by atoms with van der Waals surface area (Å²) in [5, 5.41) is 7.78. The summed E-state index contributed by atoms with van der Waals surface area (Å²) < 4.78 is 6.83. The number of aromatic nitrogens is 3. The first kappa shape index (κ1) is 12.7. The van der Waals surface area contributed by atoms with E-state index in [1.807, 2.05) is 7.05 Å². The highest BCUT2D eigenvalue weighted by Gasteiger charge is 2.27. The summed E-state index contributed by atoms with van der Waals surface area (Å²) in [7, 11) is 1.84. The lowest BCUT2D eigenvalue weighted by atomic mass is 9.96. The van der Waals surface area contributed by atoms with Crippen LogP contribution in [0.5, 0.6) is 0 Å². The molecule has 1 aromatic rings. The molecular weight excluding hydrogens is 206 g/mol. The van der Waals surface area contributed by atoms with Crippen molar-refractivity contribution in [1.82, 2.24) is 14.8 Å². The van der Waals surface area contributed by atoms with E-state index in [9.17, 15) is 4.79 Å². The number of nitrogens with zero attached hydrogens (tertiary/aromatic N) is 3. The van der Waals surface area contributed by atoms with E-state index in [1.165, 1.54) is 0 Å². The highest BCUT2D eigenvalue weighted by atomic mass is 16.5. The van der Waals surface area contributed by atoms with Gasteiger partial charge in [0.25, 0.3) is 0 Å². The Bertz CT molecular complexity index is 347. The zero-order chi connectivity index (χ0) is 12.1. The number of carbonyl (C=O) groups is 1. The van der Waals surface area contributed by atoms with Crippen LogP contribution in [-0.4, -0.2) is 27.3 Å². The van der Waals surface area contributed by atoms with Crippen LogP contribution in [0.4, 0.5) is 0 Å². The second-order valence-corrected chi connectivity index (χ2v) is 4.23. The molecular formula is C11H19N3O2. The number of hydrogen-bond acceptors (Lipinski definition) is 4. The van der Waals surface area contributed by atoms with Gasteiger partial charge in [-0.25, -0.2) is 0 Å². The van der Waals surface area contributed by atoms with Crippen LogP contribution >= 0.6 is 0 Å². The highest BCUT2D eigenvalue weighted by Crippen LogP contribution is 2.23. The summed E-state index contributed by atoms with van der Waals surface area (Å²) >= 11 is 0. The van der Waals surface area contributed by atoms with Gasteiger partial charge in [-0.3, -0.25) is 4.79 Å². The minimum Gasteiger partial charge on any atom is -0.465 e. The van der Waals surface area contributed by atoms with Gasteiger partial charge in [0.1, 0.15) is 18.1 Å². The standard InChI is InChI=1S/C11H19N3O2/c1-5-16-11(15)9(6-8(2)3)10-13-12-7-14(10)4/h7-9H,5-6H2,1-4H3. The summed E-state index contributed by atoms with van der Waals surface area (Å²) in [6, 6.07) is 0. The molecule has 0 saturated carbocycles. The number of esters is 1. The van der Waals surface area contributed by atoms with E-state index in [4.69, 9.17) is 4.74 Å². The number of rotatable bonds is 5. The van der Waals surface area contributed by atoms with E-state index in [2.05, 4.69) is 24.0 Å². The second-order valence-electron chi connectivity index (χ2n) is 4.23. The van der Waals surface area contributed by atoms with Crippen LogP contribution in [0.3, 0.4) is 0 Å². The predicted molar refractivity (Wildman–Crippen MR) is 59.8 cm³/mol. The van der Waals surface area contributed by atoms with Crippen molar-refractivity contribution >= 4 is 5.97 Å². The summed E-state index contributed by atoms with van der Waals surface area (Å²) in [4.78, 5) is 11.8. The number of ether oxygens (including phenoxy) is 1. The normalized spacial score (nSPS) is 12.8. The third kappa shape index (κ3) is 3.05. The molecule has 0 N–H and O–H groups in total. The Morgan fingerprint density at radius 2 is 2.25 bits per heavy atom. The molecule has 1 rings (SSSR count). The molecule has 90 valence electrons. The Kier molecular flexibility index (Phi) is 4.46. The lowest BCUT2D eigenvalue weighted by Crippen LogP contribution is -2.21. The summed E-state index contributed by atoms with van der Waals surface area (Å²) in [5.74, 6) is 0.554. The number of carbonyl (C=O) groups excluding carboxylic acids is 1. The summed E-state index contributed by atoms with van der Waals surface area (Å²) in [5.41, 5.74) is 0. The molecule has 0 fully saturated rings. The summed E-state index contributed by atoms with van der Waals surface area (Å²) in [6.07, 6.45) is 2.33. The molecule has 0 spiro atoms. The molecule has 0 aromatic carbocycles. The number of hydrogen-bond donors (Lipinski definition) is 0. The predicted octanol–water partition coefficient (Wildman–Crippen LogP) is 1.51. The molecule has 0 bridgehead atoms. The molecule has 0 aliphatic heterocycles. The van der Waals surface area contributed by atoms with Crippen molar-refractivity contribution in [2.45, 2.75) is 33.1 Å². The van der Waals surface area contributed by atoms with Crippen molar-refractivity contribution in [3.63, 3.8) is 0 Å². The van der Waals surface area contributed by atoms with Crippen LogP contribution in [0.15, 0.2) is 6.33 Å². The fourth-order valence-corrected chi connectivity index (χ4v) is 1.63. The maximum absolute atomic E-state index is 11.8. The van der Waals surface area contributed by atoms with Gasteiger partial charge in [-0.05, 0) is 19.3 Å². The Balaban J connectivity index is 2.87. The molecule has 1 aromatic heterocycles. The zero-order valence-corrected chi connectivity index (χ0v) is 10.3. The summed E-state index contributed by atoms with van der Waals surface area (Å²) in [6.45, 7) is 6.34. The van der Waals surface area contributed by atoms with Gasteiger partial charge in [0.15, 0.2) is 0 Å². The third-order valence-electron chi connectivity index (χ3n) is 2.34. The van der Waals surface area contributed by atoms with Crippen molar-refractivity contribution in [2.75, 3.05) is 6.61 Å². The smallest absolute Gasteiger partial charge is 0.316 e. The molecule has 1 unspecified atom stereocenters. The van der Waals surface area contributed by atoms with Gasteiger partial charge < -0.3 is 9.30 Å². The lowest BCUT2D eigenvalue weighted by Gasteiger charge is -2.16. The monoisotopic (exact) mass is 225 g/mol. The van der Waals surface area contributed by atoms with E-state index in [0.717, 1.165) is 6.42 Å². The first-order valence-electron chi connectivity index (χ1n) is 5.56. The average molecular weight is 225 g/mol. The average Bonchev–Trinajstić information content (AvgIpc) is 2.61. The van der Waals surface area contributed by atoms with Crippen LogP contribution in [-0.2, 0) is 16.6 Å². The van der Waals surface area contributed by atoms with Gasteiger partial charge in [-0.15, -0.1) is 10.2 Å². The van der Waals surface area contributed by atoms with Crippen molar-refractivity contribution in [2.24, 2.45) is 13.0 Å². The van der Waals surface area contributed by atoms with Gasteiger partial charge in [-0.1, -0.05) is 13.8 Å². The maximum atomic E-state index is 11.8. The molecule has 5 heteroatoms. The van der Waals surface area contributed by atoms with E-state index in [1.54, 1.807) is 17.8 Å². The van der Waals surface area contributed by atoms with Gasteiger partial charge in [-0.2, -0.15) is 0 Å². The fourth-order valence-electron chi connectivity index (χ4n) is 1.63. The lowest BCUT2D eigenvalue weighted by molar-refractivity contribution is -0.145. The van der Waals surface area contributed by atoms with E-state index in [0.29, 0.717) is 18.3 Å². The molecule has 1 atom stereocenters. The fraction of sp³-hybridized carbons (Fsp3) is 0.727. The zero-order valence-electron chi connectivity index (χ0n) is 10.3. The van der Waals surface area contributed by atoms with Crippen LogP contribution in [0, 0.1) is 5.92 Å². The minimum absolute atomic E-state index is 0.215. The van der Waals surface area contributed by atoms with Crippen LogP contribution < -0.4 is 0 Å². The van der Waals surface area contributed by atoms with Gasteiger partial charge in [0.2, 0.25) is 0 Å². The third-order valence-corrected chi connectivity index (χ3v) is 2.34.